The number of benzene rings is 1. The predicted molar refractivity (Wildman–Crippen MR) is 132 cm³/mol. The zero-order valence-electron chi connectivity index (χ0n) is 18.2. The number of aryl methyl sites for hydroxylation is 1. The molecular weight excluding hydrogens is 462 g/mol. The van der Waals surface area contributed by atoms with E-state index in [1.54, 1.807) is 49.0 Å². The van der Waals surface area contributed by atoms with Crippen molar-refractivity contribution < 1.29 is 14.3 Å². The second kappa shape index (κ2) is 11.6. The highest BCUT2D eigenvalue weighted by Gasteiger charge is 2.19. The summed E-state index contributed by atoms with van der Waals surface area (Å²) in [7, 11) is 0. The molecule has 0 fully saturated rings. The van der Waals surface area contributed by atoms with Crippen LogP contribution in [0.15, 0.2) is 53.6 Å². The molecule has 0 aliphatic heterocycles. The summed E-state index contributed by atoms with van der Waals surface area (Å²) >= 11 is 7.39. The fraction of sp³-hybridized carbons (Fsp3) is 0.217. The van der Waals surface area contributed by atoms with Crippen LogP contribution in [0.5, 0.6) is 5.75 Å². The Bertz CT molecular complexity index is 1140. The zero-order valence-corrected chi connectivity index (χ0v) is 19.8. The van der Waals surface area contributed by atoms with Gasteiger partial charge in [-0.3, -0.25) is 9.59 Å². The van der Waals surface area contributed by atoms with Crippen molar-refractivity contribution in [3.63, 3.8) is 0 Å². The van der Waals surface area contributed by atoms with Crippen LogP contribution in [0.4, 0.5) is 11.5 Å². The molecule has 3 aromatic rings. The molecule has 3 rings (SSSR count). The van der Waals surface area contributed by atoms with Gasteiger partial charge < -0.3 is 21.1 Å². The SMILES string of the molecule is CSc1ccc(C(=O)Nc2ccc(C)nc2C(=O)Nc2ccc(Cl)cn2)c(OCCCN)c1. The monoisotopic (exact) mass is 485 g/mol. The molecule has 0 saturated heterocycles. The number of nitrogens with one attached hydrogen (secondary N) is 2. The highest BCUT2D eigenvalue weighted by molar-refractivity contribution is 7.98. The normalized spacial score (nSPS) is 10.5. The van der Waals surface area contributed by atoms with E-state index in [1.165, 1.54) is 6.20 Å². The molecule has 10 heteroatoms. The molecule has 172 valence electrons. The average Bonchev–Trinajstić information content (AvgIpc) is 2.81. The van der Waals surface area contributed by atoms with Gasteiger partial charge in [0, 0.05) is 16.8 Å². The first-order valence-corrected chi connectivity index (χ1v) is 11.7. The molecule has 0 aliphatic carbocycles. The number of carbonyl (C=O) groups excluding carboxylic acids is 2. The largest absolute Gasteiger partial charge is 0.493 e. The summed E-state index contributed by atoms with van der Waals surface area (Å²) in [6.45, 7) is 2.63. The lowest BCUT2D eigenvalue weighted by Crippen LogP contribution is -2.21. The Morgan fingerprint density at radius 1 is 1.12 bits per heavy atom. The van der Waals surface area contributed by atoms with Crippen molar-refractivity contribution in [3.05, 3.63) is 70.6 Å². The summed E-state index contributed by atoms with van der Waals surface area (Å²) in [6, 6.07) is 11.9. The van der Waals surface area contributed by atoms with E-state index in [2.05, 4.69) is 20.6 Å². The van der Waals surface area contributed by atoms with Gasteiger partial charge in [-0.05, 0) is 68.6 Å². The molecule has 0 unspecified atom stereocenters. The summed E-state index contributed by atoms with van der Waals surface area (Å²) in [5.41, 5.74) is 6.84. The Balaban J connectivity index is 1.85. The Labute approximate surface area is 201 Å². The van der Waals surface area contributed by atoms with Crippen LogP contribution < -0.4 is 21.1 Å². The minimum absolute atomic E-state index is 0.0615. The molecule has 0 saturated carbocycles. The molecular formula is C23H24ClN5O3S. The molecule has 2 amide bonds. The number of ether oxygens (including phenoxy) is 1. The molecule has 0 bridgehead atoms. The lowest BCUT2D eigenvalue weighted by atomic mass is 10.1. The fourth-order valence-electron chi connectivity index (χ4n) is 2.85. The molecule has 0 spiro atoms. The highest BCUT2D eigenvalue weighted by Crippen LogP contribution is 2.27. The van der Waals surface area contributed by atoms with E-state index >= 15 is 0 Å². The first-order chi connectivity index (χ1) is 15.9. The first-order valence-electron chi connectivity index (χ1n) is 10.1. The average molecular weight is 486 g/mol. The molecule has 4 N–H and O–H groups in total. The summed E-state index contributed by atoms with van der Waals surface area (Å²) in [5.74, 6) is -0.173. The number of thioether (sulfide) groups is 1. The van der Waals surface area contributed by atoms with E-state index in [0.29, 0.717) is 47.4 Å². The van der Waals surface area contributed by atoms with Crippen LogP contribution in [0.2, 0.25) is 5.02 Å². The van der Waals surface area contributed by atoms with E-state index in [9.17, 15) is 9.59 Å². The number of pyridine rings is 2. The third kappa shape index (κ3) is 6.67. The third-order valence-electron chi connectivity index (χ3n) is 4.51. The number of carbonyl (C=O) groups is 2. The van der Waals surface area contributed by atoms with Crippen LogP contribution in [0.25, 0.3) is 0 Å². The molecule has 1 aromatic carbocycles. The van der Waals surface area contributed by atoms with E-state index in [-0.39, 0.29) is 11.4 Å². The molecule has 2 aromatic heterocycles. The highest BCUT2D eigenvalue weighted by atomic mass is 35.5. The van der Waals surface area contributed by atoms with E-state index in [1.807, 2.05) is 18.4 Å². The summed E-state index contributed by atoms with van der Waals surface area (Å²) < 4.78 is 5.80. The molecule has 0 atom stereocenters. The standard InChI is InChI=1S/C23H24ClN5O3S/c1-14-4-8-18(21(27-14)23(31)29-20-9-5-15(24)13-26-20)28-22(30)17-7-6-16(33-2)12-19(17)32-11-3-10-25/h4-9,12-13H,3,10-11,25H2,1-2H3,(H,28,30)(H,26,29,31). The summed E-state index contributed by atoms with van der Waals surface area (Å²) in [6.07, 6.45) is 4.03. The van der Waals surface area contributed by atoms with Gasteiger partial charge in [0.1, 0.15) is 11.6 Å². The Morgan fingerprint density at radius 3 is 2.64 bits per heavy atom. The van der Waals surface area contributed by atoms with Crippen LogP contribution in [0.3, 0.4) is 0 Å². The van der Waals surface area contributed by atoms with Crippen LogP contribution in [-0.4, -0.2) is 41.2 Å². The van der Waals surface area contributed by atoms with Gasteiger partial charge in [0.25, 0.3) is 11.8 Å². The van der Waals surface area contributed by atoms with Gasteiger partial charge in [-0.25, -0.2) is 9.97 Å². The zero-order chi connectivity index (χ0) is 23.8. The van der Waals surface area contributed by atoms with Crippen LogP contribution >= 0.6 is 23.4 Å². The molecule has 8 nitrogen and oxygen atoms in total. The lowest BCUT2D eigenvalue weighted by molar-refractivity contribution is 0.102. The Kier molecular flexibility index (Phi) is 8.65. The maximum Gasteiger partial charge on any atom is 0.277 e. The van der Waals surface area contributed by atoms with Crippen molar-refractivity contribution in [1.29, 1.82) is 0 Å². The molecule has 0 radical (unpaired) electrons. The van der Waals surface area contributed by atoms with Crippen LogP contribution in [-0.2, 0) is 0 Å². The molecule has 33 heavy (non-hydrogen) atoms. The number of aromatic nitrogens is 2. The van der Waals surface area contributed by atoms with E-state index < -0.39 is 11.8 Å². The topological polar surface area (TPSA) is 119 Å². The van der Waals surface area contributed by atoms with Gasteiger partial charge in [-0.15, -0.1) is 11.8 Å². The van der Waals surface area contributed by atoms with E-state index in [0.717, 1.165) is 4.90 Å². The maximum atomic E-state index is 13.1. The first kappa shape index (κ1) is 24.5. The van der Waals surface area contributed by atoms with Crippen LogP contribution in [0.1, 0.15) is 33.0 Å². The van der Waals surface area contributed by atoms with Gasteiger partial charge >= 0.3 is 0 Å². The summed E-state index contributed by atoms with van der Waals surface area (Å²) in [4.78, 5) is 35.3. The number of rotatable bonds is 9. The Hall–Kier alpha value is -3.14. The number of hydrogen-bond acceptors (Lipinski definition) is 7. The quantitative estimate of drug-likeness (QED) is 0.303. The van der Waals surface area contributed by atoms with Gasteiger partial charge in [0.15, 0.2) is 5.69 Å². The molecule has 0 aliphatic rings. The van der Waals surface area contributed by atoms with E-state index in [4.69, 9.17) is 22.1 Å². The van der Waals surface area contributed by atoms with Crippen molar-refractivity contribution in [2.45, 2.75) is 18.2 Å². The van der Waals surface area contributed by atoms with Crippen molar-refractivity contribution in [2.75, 3.05) is 30.0 Å². The minimum atomic E-state index is -0.513. The van der Waals surface area contributed by atoms with Crippen molar-refractivity contribution in [1.82, 2.24) is 9.97 Å². The Morgan fingerprint density at radius 2 is 1.94 bits per heavy atom. The smallest absolute Gasteiger partial charge is 0.277 e. The van der Waals surface area contributed by atoms with Gasteiger partial charge in [0.2, 0.25) is 0 Å². The second-order valence-electron chi connectivity index (χ2n) is 6.97. The number of nitrogens with two attached hydrogens (primary N) is 1. The fourth-order valence-corrected chi connectivity index (χ4v) is 3.39. The predicted octanol–water partition coefficient (Wildman–Crippen LogP) is 4.39. The number of amides is 2. The van der Waals surface area contributed by atoms with Crippen molar-refractivity contribution >= 4 is 46.7 Å². The van der Waals surface area contributed by atoms with Gasteiger partial charge in [-0.2, -0.15) is 0 Å². The third-order valence-corrected chi connectivity index (χ3v) is 5.46. The summed E-state index contributed by atoms with van der Waals surface area (Å²) in [5, 5.41) is 5.90. The number of hydrogen-bond donors (Lipinski definition) is 3. The number of anilines is 2. The molecule has 2 heterocycles. The minimum Gasteiger partial charge on any atom is -0.493 e. The number of nitrogens with zero attached hydrogens (tertiary/aromatic N) is 2. The van der Waals surface area contributed by atoms with Crippen molar-refractivity contribution in [3.8, 4) is 5.75 Å². The second-order valence-corrected chi connectivity index (χ2v) is 8.29. The lowest BCUT2D eigenvalue weighted by Gasteiger charge is -2.14. The van der Waals surface area contributed by atoms with Gasteiger partial charge in [0.05, 0.1) is 22.9 Å². The van der Waals surface area contributed by atoms with Crippen molar-refractivity contribution in [2.24, 2.45) is 5.73 Å². The van der Waals surface area contributed by atoms with Crippen LogP contribution in [0, 0.1) is 6.92 Å². The maximum absolute atomic E-state index is 13.1. The van der Waals surface area contributed by atoms with Gasteiger partial charge in [-0.1, -0.05) is 11.6 Å². The number of halogens is 1.